The lowest BCUT2D eigenvalue weighted by molar-refractivity contribution is -0.121. The van der Waals surface area contributed by atoms with E-state index in [2.05, 4.69) is 33.4 Å². The first-order valence-corrected chi connectivity index (χ1v) is 8.72. The second-order valence-electron chi connectivity index (χ2n) is 6.26. The van der Waals surface area contributed by atoms with Crippen molar-refractivity contribution in [2.75, 3.05) is 6.54 Å². The van der Waals surface area contributed by atoms with Crippen LogP contribution in [0.2, 0.25) is 0 Å². The molecular formula is C19H22BrClN2O. The Hall–Kier alpha value is -1.36. The highest BCUT2D eigenvalue weighted by Gasteiger charge is 2.45. The van der Waals surface area contributed by atoms with Gasteiger partial charge in [0.15, 0.2) is 0 Å². The molecule has 0 aliphatic heterocycles. The molecule has 3 nitrogen and oxygen atoms in total. The largest absolute Gasteiger partial charge is 0.355 e. The Labute approximate surface area is 157 Å². The number of amides is 1. The zero-order valence-electron chi connectivity index (χ0n) is 13.4. The first-order valence-electron chi connectivity index (χ1n) is 7.93. The van der Waals surface area contributed by atoms with Crippen molar-refractivity contribution in [3.8, 4) is 0 Å². The van der Waals surface area contributed by atoms with Crippen LogP contribution in [-0.2, 0) is 10.2 Å². The maximum atomic E-state index is 12.2. The Morgan fingerprint density at radius 3 is 2.38 bits per heavy atom. The lowest BCUT2D eigenvalue weighted by Gasteiger charge is -2.19. The van der Waals surface area contributed by atoms with E-state index in [1.807, 2.05) is 42.5 Å². The van der Waals surface area contributed by atoms with E-state index in [-0.39, 0.29) is 29.8 Å². The minimum absolute atomic E-state index is 0. The first kappa shape index (κ1) is 19.0. The monoisotopic (exact) mass is 408 g/mol. The summed E-state index contributed by atoms with van der Waals surface area (Å²) in [5, 5.41) is 3.07. The van der Waals surface area contributed by atoms with Crippen molar-refractivity contribution in [3.05, 3.63) is 70.2 Å². The van der Waals surface area contributed by atoms with E-state index in [4.69, 9.17) is 5.73 Å². The summed E-state index contributed by atoms with van der Waals surface area (Å²) in [4.78, 5) is 12.2. The molecule has 2 aromatic rings. The number of nitrogens with one attached hydrogen (secondary N) is 1. The molecule has 0 bridgehead atoms. The van der Waals surface area contributed by atoms with E-state index in [0.29, 0.717) is 13.0 Å². The third-order valence-electron chi connectivity index (χ3n) is 4.56. The van der Waals surface area contributed by atoms with Crippen LogP contribution in [0, 0.1) is 0 Å². The number of rotatable bonds is 6. The quantitative estimate of drug-likeness (QED) is 0.754. The Morgan fingerprint density at radius 2 is 1.75 bits per heavy atom. The van der Waals surface area contributed by atoms with E-state index in [0.717, 1.165) is 22.9 Å². The molecule has 5 heteroatoms. The highest BCUT2D eigenvalue weighted by atomic mass is 79.9. The van der Waals surface area contributed by atoms with Crippen molar-refractivity contribution in [2.45, 2.75) is 30.7 Å². The molecule has 3 rings (SSSR count). The summed E-state index contributed by atoms with van der Waals surface area (Å²) in [6.07, 6.45) is 2.54. The Morgan fingerprint density at radius 1 is 1.12 bits per heavy atom. The molecule has 3 N–H and O–H groups in total. The number of carbonyl (C=O) groups is 1. The molecule has 2 aromatic carbocycles. The summed E-state index contributed by atoms with van der Waals surface area (Å²) >= 11 is 3.62. The summed E-state index contributed by atoms with van der Waals surface area (Å²) in [5.41, 5.74) is 8.49. The van der Waals surface area contributed by atoms with Crippen LogP contribution in [0.3, 0.4) is 0 Å². The fourth-order valence-electron chi connectivity index (χ4n) is 2.94. The molecule has 24 heavy (non-hydrogen) atoms. The van der Waals surface area contributed by atoms with Crippen molar-refractivity contribution in [1.29, 1.82) is 0 Å². The smallest absolute Gasteiger partial charge is 0.221 e. The molecule has 1 unspecified atom stereocenters. The van der Waals surface area contributed by atoms with Gasteiger partial charge in [-0.1, -0.05) is 64.5 Å². The summed E-state index contributed by atoms with van der Waals surface area (Å²) in [5.74, 6) is 0.0136. The minimum atomic E-state index is -0.255. The van der Waals surface area contributed by atoms with Crippen LogP contribution in [0.25, 0.3) is 0 Å². The molecule has 1 atom stereocenters. The van der Waals surface area contributed by atoms with Gasteiger partial charge in [-0.25, -0.2) is 0 Å². The van der Waals surface area contributed by atoms with Crippen LogP contribution in [0.1, 0.15) is 36.4 Å². The third-order valence-corrected chi connectivity index (χ3v) is 5.25. The molecule has 0 spiro atoms. The molecule has 1 amide bonds. The fourth-order valence-corrected chi connectivity index (χ4v) is 3.65. The van der Waals surface area contributed by atoms with Gasteiger partial charge in [0, 0.05) is 28.9 Å². The molecule has 0 radical (unpaired) electrons. The van der Waals surface area contributed by atoms with E-state index >= 15 is 0 Å². The average Bonchev–Trinajstić information content (AvgIpc) is 3.35. The maximum absolute atomic E-state index is 12.2. The van der Waals surface area contributed by atoms with Gasteiger partial charge in [0.05, 0.1) is 0 Å². The van der Waals surface area contributed by atoms with Crippen molar-refractivity contribution in [2.24, 2.45) is 5.73 Å². The second-order valence-corrected chi connectivity index (χ2v) is 7.11. The van der Waals surface area contributed by atoms with E-state index in [1.165, 1.54) is 5.56 Å². The second kappa shape index (κ2) is 8.15. The predicted molar refractivity (Wildman–Crippen MR) is 103 cm³/mol. The molecule has 1 aliphatic rings. The van der Waals surface area contributed by atoms with Crippen LogP contribution >= 0.6 is 28.3 Å². The van der Waals surface area contributed by atoms with Crippen molar-refractivity contribution in [3.63, 3.8) is 0 Å². The summed E-state index contributed by atoms with van der Waals surface area (Å²) < 4.78 is 1.12. The zero-order chi connectivity index (χ0) is 16.3. The number of benzene rings is 2. The molecule has 1 aliphatic carbocycles. The Kier molecular flexibility index (Phi) is 6.44. The van der Waals surface area contributed by atoms with Crippen molar-refractivity contribution < 1.29 is 4.79 Å². The number of hydrogen-bond donors (Lipinski definition) is 2. The summed E-state index contributed by atoms with van der Waals surface area (Å²) in [6, 6.07) is 17.8. The molecule has 0 saturated heterocycles. The van der Waals surface area contributed by atoms with Gasteiger partial charge in [-0.3, -0.25) is 4.79 Å². The molecule has 0 aromatic heterocycles. The lowest BCUT2D eigenvalue weighted by Crippen LogP contribution is -2.34. The van der Waals surface area contributed by atoms with Crippen LogP contribution in [0.5, 0.6) is 0 Å². The van der Waals surface area contributed by atoms with Gasteiger partial charge in [-0.15, -0.1) is 12.4 Å². The normalized spacial score (nSPS) is 15.9. The zero-order valence-corrected chi connectivity index (χ0v) is 15.8. The van der Waals surface area contributed by atoms with Crippen LogP contribution < -0.4 is 11.1 Å². The van der Waals surface area contributed by atoms with E-state index < -0.39 is 0 Å². The highest BCUT2D eigenvalue weighted by molar-refractivity contribution is 9.10. The predicted octanol–water partition coefficient (Wildman–Crippen LogP) is 4.11. The standard InChI is InChI=1S/C19H21BrN2O.ClH/c20-16-9-5-4-8-15(16)19(10-11-19)13-22-18(23)12-17(21)14-6-2-1-3-7-14;/h1-9,17H,10-13,21H2,(H,22,23);1H. The molecule has 1 fully saturated rings. The van der Waals surface area contributed by atoms with Gasteiger partial charge in [0.2, 0.25) is 5.91 Å². The number of carbonyl (C=O) groups excluding carboxylic acids is 1. The first-order chi connectivity index (χ1) is 11.1. The SMILES string of the molecule is Cl.NC(CC(=O)NCC1(c2ccccc2Br)CC1)c1ccccc1. The van der Waals surface area contributed by atoms with Gasteiger partial charge in [-0.05, 0) is 30.0 Å². The van der Waals surface area contributed by atoms with Crippen LogP contribution in [0.4, 0.5) is 0 Å². The van der Waals surface area contributed by atoms with Gasteiger partial charge in [0.1, 0.15) is 0 Å². The lowest BCUT2D eigenvalue weighted by atomic mass is 9.96. The Bertz CT molecular complexity index is 689. The Balaban J connectivity index is 0.00000208. The fraction of sp³-hybridized carbons (Fsp3) is 0.316. The van der Waals surface area contributed by atoms with Crippen molar-refractivity contribution >= 4 is 34.2 Å². The molecule has 1 saturated carbocycles. The van der Waals surface area contributed by atoms with Gasteiger partial charge in [0.25, 0.3) is 0 Å². The van der Waals surface area contributed by atoms with Gasteiger partial charge in [-0.2, -0.15) is 0 Å². The highest BCUT2D eigenvalue weighted by Crippen LogP contribution is 2.49. The molecular weight excluding hydrogens is 388 g/mol. The van der Waals surface area contributed by atoms with Crippen molar-refractivity contribution in [1.82, 2.24) is 5.32 Å². The van der Waals surface area contributed by atoms with Crippen LogP contribution in [-0.4, -0.2) is 12.5 Å². The van der Waals surface area contributed by atoms with E-state index in [1.54, 1.807) is 0 Å². The number of nitrogens with two attached hydrogens (primary N) is 1. The van der Waals surface area contributed by atoms with E-state index in [9.17, 15) is 4.79 Å². The summed E-state index contributed by atoms with van der Waals surface area (Å²) in [6.45, 7) is 0.677. The summed E-state index contributed by atoms with van der Waals surface area (Å²) in [7, 11) is 0. The third kappa shape index (κ3) is 4.38. The number of hydrogen-bond acceptors (Lipinski definition) is 2. The van der Waals surface area contributed by atoms with Crippen LogP contribution in [0.15, 0.2) is 59.1 Å². The average molecular weight is 410 g/mol. The topological polar surface area (TPSA) is 55.1 Å². The van der Waals surface area contributed by atoms with Gasteiger partial charge < -0.3 is 11.1 Å². The maximum Gasteiger partial charge on any atom is 0.221 e. The minimum Gasteiger partial charge on any atom is -0.355 e. The molecule has 0 heterocycles. The molecule has 128 valence electrons. The van der Waals surface area contributed by atoms with Gasteiger partial charge >= 0.3 is 0 Å². The number of halogens is 2.